The molecule has 0 heterocycles. The summed E-state index contributed by atoms with van der Waals surface area (Å²) in [5.74, 6) is -1.36. The molecular formula is C8H8F3NO4S. The van der Waals surface area contributed by atoms with Crippen LogP contribution in [0.25, 0.3) is 0 Å². The minimum absolute atomic E-state index is 0.582. The number of methoxy groups -OCH3 is 1. The van der Waals surface area contributed by atoms with Crippen LogP contribution in [0.2, 0.25) is 0 Å². The molecule has 2 N–H and O–H groups in total. The maximum absolute atomic E-state index is 12.0. The highest BCUT2D eigenvalue weighted by molar-refractivity contribution is 7.89. The van der Waals surface area contributed by atoms with Crippen molar-refractivity contribution in [1.82, 2.24) is 0 Å². The molecule has 1 aromatic carbocycles. The van der Waals surface area contributed by atoms with Gasteiger partial charge in [0.2, 0.25) is 10.0 Å². The monoisotopic (exact) mass is 271 g/mol. The molecule has 0 spiro atoms. The molecule has 0 aliphatic rings. The highest BCUT2D eigenvalue weighted by atomic mass is 32.2. The summed E-state index contributed by atoms with van der Waals surface area (Å²) in [5.41, 5.74) is 0. The third kappa shape index (κ3) is 3.49. The van der Waals surface area contributed by atoms with Gasteiger partial charge in [0.05, 0.1) is 7.11 Å². The maximum atomic E-state index is 12.0. The fourth-order valence-electron chi connectivity index (χ4n) is 1.13. The van der Waals surface area contributed by atoms with Crippen molar-refractivity contribution in [2.24, 2.45) is 5.14 Å². The van der Waals surface area contributed by atoms with Gasteiger partial charge in [-0.2, -0.15) is 0 Å². The van der Waals surface area contributed by atoms with E-state index in [1.165, 1.54) is 0 Å². The van der Waals surface area contributed by atoms with Crippen molar-refractivity contribution >= 4 is 10.0 Å². The standard InChI is InChI=1S/C8H8F3NO4S/c1-15-7-5(16-8(9,10)11)3-2-4-6(7)17(12,13)14/h2-4H,1H3,(H2,12,13,14). The van der Waals surface area contributed by atoms with Crippen molar-refractivity contribution in [3.63, 3.8) is 0 Å². The SMILES string of the molecule is COc1c(OC(F)(F)F)cccc1S(N)(=O)=O. The summed E-state index contributed by atoms with van der Waals surface area (Å²) in [4.78, 5) is -0.582. The normalized spacial score (nSPS) is 12.3. The number of primary sulfonamides is 1. The quantitative estimate of drug-likeness (QED) is 0.897. The average Bonchev–Trinajstić information content (AvgIpc) is 2.13. The van der Waals surface area contributed by atoms with Gasteiger partial charge in [0.1, 0.15) is 4.90 Å². The van der Waals surface area contributed by atoms with Gasteiger partial charge in [-0.15, -0.1) is 13.2 Å². The van der Waals surface area contributed by atoms with E-state index < -0.39 is 32.8 Å². The summed E-state index contributed by atoms with van der Waals surface area (Å²) < 4.78 is 66.4. The first-order chi connectivity index (χ1) is 7.65. The van der Waals surface area contributed by atoms with Crippen LogP contribution in [0.15, 0.2) is 23.1 Å². The van der Waals surface area contributed by atoms with Crippen LogP contribution in [0.4, 0.5) is 13.2 Å². The van der Waals surface area contributed by atoms with Crippen molar-refractivity contribution < 1.29 is 31.1 Å². The van der Waals surface area contributed by atoms with Crippen molar-refractivity contribution in [3.8, 4) is 11.5 Å². The van der Waals surface area contributed by atoms with Gasteiger partial charge in [-0.05, 0) is 12.1 Å². The molecule has 1 aromatic rings. The number of alkyl halides is 3. The van der Waals surface area contributed by atoms with Gasteiger partial charge in [0, 0.05) is 0 Å². The molecular weight excluding hydrogens is 263 g/mol. The Morgan fingerprint density at radius 3 is 2.29 bits per heavy atom. The van der Waals surface area contributed by atoms with Crippen LogP contribution in [-0.2, 0) is 10.0 Å². The van der Waals surface area contributed by atoms with Crippen LogP contribution >= 0.6 is 0 Å². The molecule has 96 valence electrons. The van der Waals surface area contributed by atoms with Gasteiger partial charge < -0.3 is 9.47 Å². The molecule has 0 bridgehead atoms. The predicted octanol–water partition coefficient (Wildman–Crippen LogP) is 1.24. The van der Waals surface area contributed by atoms with Gasteiger partial charge in [-0.3, -0.25) is 0 Å². The number of ether oxygens (including phenoxy) is 2. The zero-order valence-corrected chi connectivity index (χ0v) is 9.30. The van der Waals surface area contributed by atoms with E-state index in [4.69, 9.17) is 5.14 Å². The van der Waals surface area contributed by atoms with Crippen LogP contribution < -0.4 is 14.6 Å². The van der Waals surface area contributed by atoms with Gasteiger partial charge in [0.15, 0.2) is 11.5 Å². The van der Waals surface area contributed by atoms with E-state index in [9.17, 15) is 21.6 Å². The Kier molecular flexibility index (Phi) is 3.53. The smallest absolute Gasteiger partial charge is 0.492 e. The second-order valence-electron chi connectivity index (χ2n) is 2.88. The Hall–Kier alpha value is -1.48. The van der Waals surface area contributed by atoms with Gasteiger partial charge in [-0.1, -0.05) is 6.07 Å². The average molecular weight is 271 g/mol. The number of nitrogens with two attached hydrogens (primary N) is 1. The molecule has 0 fully saturated rings. The van der Waals surface area contributed by atoms with Gasteiger partial charge in [-0.25, -0.2) is 13.6 Å². The molecule has 0 aliphatic carbocycles. The van der Waals surface area contributed by atoms with E-state index in [-0.39, 0.29) is 0 Å². The summed E-state index contributed by atoms with van der Waals surface area (Å²) in [6.45, 7) is 0. The summed E-state index contributed by atoms with van der Waals surface area (Å²) in [6, 6.07) is 2.99. The molecule has 0 radical (unpaired) electrons. The summed E-state index contributed by atoms with van der Waals surface area (Å²) >= 11 is 0. The lowest BCUT2D eigenvalue weighted by Gasteiger charge is -2.14. The first kappa shape index (κ1) is 13.6. The largest absolute Gasteiger partial charge is 0.573 e. The Labute approximate surface area is 95.0 Å². The highest BCUT2D eigenvalue weighted by Gasteiger charge is 2.33. The number of halogens is 3. The van der Waals surface area contributed by atoms with E-state index in [0.29, 0.717) is 0 Å². The zero-order valence-electron chi connectivity index (χ0n) is 8.48. The molecule has 9 heteroatoms. The topological polar surface area (TPSA) is 78.6 Å². The van der Waals surface area contributed by atoms with E-state index in [1.807, 2.05) is 0 Å². The number of benzene rings is 1. The second-order valence-corrected chi connectivity index (χ2v) is 4.41. The molecule has 0 saturated heterocycles. The molecule has 0 saturated carbocycles. The predicted molar refractivity (Wildman–Crippen MR) is 51.1 cm³/mol. The number of hydrogen-bond acceptors (Lipinski definition) is 4. The molecule has 0 unspecified atom stereocenters. The van der Waals surface area contributed by atoms with Crippen molar-refractivity contribution in [1.29, 1.82) is 0 Å². The first-order valence-corrected chi connectivity index (χ1v) is 5.65. The van der Waals surface area contributed by atoms with Crippen molar-refractivity contribution in [2.45, 2.75) is 11.3 Å². The molecule has 0 aliphatic heterocycles. The van der Waals surface area contributed by atoms with Crippen LogP contribution in [0.3, 0.4) is 0 Å². The summed E-state index contributed by atoms with van der Waals surface area (Å²) in [7, 11) is -3.19. The number of rotatable bonds is 3. The van der Waals surface area contributed by atoms with E-state index in [1.54, 1.807) is 0 Å². The zero-order chi connectivity index (χ0) is 13.3. The van der Waals surface area contributed by atoms with Gasteiger partial charge in [0.25, 0.3) is 0 Å². The van der Waals surface area contributed by atoms with Crippen molar-refractivity contribution in [2.75, 3.05) is 7.11 Å². The van der Waals surface area contributed by atoms with Crippen molar-refractivity contribution in [3.05, 3.63) is 18.2 Å². The third-order valence-electron chi connectivity index (χ3n) is 1.68. The van der Waals surface area contributed by atoms with E-state index >= 15 is 0 Å². The molecule has 5 nitrogen and oxygen atoms in total. The minimum atomic E-state index is -4.95. The fraction of sp³-hybridized carbons (Fsp3) is 0.250. The lowest BCUT2D eigenvalue weighted by atomic mass is 10.3. The Balaban J connectivity index is 3.34. The Morgan fingerprint density at radius 2 is 1.88 bits per heavy atom. The van der Waals surface area contributed by atoms with Crippen LogP contribution in [0.5, 0.6) is 11.5 Å². The number of para-hydroxylation sites is 1. The van der Waals surface area contributed by atoms with Crippen LogP contribution in [0.1, 0.15) is 0 Å². The van der Waals surface area contributed by atoms with Crippen LogP contribution in [-0.4, -0.2) is 21.9 Å². The summed E-state index contributed by atoms with van der Waals surface area (Å²) in [5, 5.41) is 4.82. The molecule has 17 heavy (non-hydrogen) atoms. The van der Waals surface area contributed by atoms with E-state index in [2.05, 4.69) is 9.47 Å². The summed E-state index contributed by atoms with van der Waals surface area (Å²) in [6.07, 6.45) is -4.95. The molecule has 0 aromatic heterocycles. The van der Waals surface area contributed by atoms with E-state index in [0.717, 1.165) is 25.3 Å². The number of hydrogen-bond donors (Lipinski definition) is 1. The first-order valence-electron chi connectivity index (χ1n) is 4.10. The second kappa shape index (κ2) is 4.41. The molecule has 0 atom stereocenters. The Bertz CT molecular complexity index is 512. The molecule has 1 rings (SSSR count). The number of sulfonamides is 1. The fourth-order valence-corrected chi connectivity index (χ4v) is 1.84. The Morgan fingerprint density at radius 1 is 1.29 bits per heavy atom. The third-order valence-corrected chi connectivity index (χ3v) is 2.61. The molecule has 0 amide bonds. The minimum Gasteiger partial charge on any atom is -0.492 e. The lowest BCUT2D eigenvalue weighted by molar-refractivity contribution is -0.275. The highest BCUT2D eigenvalue weighted by Crippen LogP contribution is 2.36. The maximum Gasteiger partial charge on any atom is 0.573 e. The lowest BCUT2D eigenvalue weighted by Crippen LogP contribution is -2.19. The van der Waals surface area contributed by atoms with Crippen LogP contribution in [0, 0.1) is 0 Å². The van der Waals surface area contributed by atoms with Gasteiger partial charge >= 0.3 is 6.36 Å².